The number of aromatic amines is 1. The van der Waals surface area contributed by atoms with Crippen LogP contribution in [0.25, 0.3) is 11.3 Å². The summed E-state index contributed by atoms with van der Waals surface area (Å²) in [6, 6.07) is 8.31. The Bertz CT molecular complexity index is 700. The van der Waals surface area contributed by atoms with E-state index in [2.05, 4.69) is 24.0 Å². The van der Waals surface area contributed by atoms with Gasteiger partial charge in [-0.1, -0.05) is 26.0 Å². The highest BCUT2D eigenvalue weighted by molar-refractivity contribution is 5.75. The predicted molar refractivity (Wildman–Crippen MR) is 100 cm³/mol. The van der Waals surface area contributed by atoms with Crippen LogP contribution in [0.5, 0.6) is 0 Å². The van der Waals surface area contributed by atoms with E-state index in [1.54, 1.807) is 11.0 Å². The molecule has 0 atom stereocenters. The molecule has 26 heavy (non-hydrogen) atoms. The first-order valence-corrected chi connectivity index (χ1v) is 9.07. The van der Waals surface area contributed by atoms with Gasteiger partial charge in [0, 0.05) is 31.5 Å². The largest absolute Gasteiger partial charge is 0.381 e. The van der Waals surface area contributed by atoms with Crippen LogP contribution in [0, 0.1) is 11.7 Å². The SMILES string of the molecule is CC(C)COCCC(=O)N(C)CCCc1cc(-c2cccc(F)c2)n[nH]1. The predicted octanol–water partition coefficient (Wildman–Crippen LogP) is 3.67. The number of rotatable bonds is 10. The molecule has 0 unspecified atom stereocenters. The fraction of sp³-hybridized carbons (Fsp3) is 0.500. The highest BCUT2D eigenvalue weighted by Crippen LogP contribution is 2.19. The number of H-pyrrole nitrogens is 1. The van der Waals surface area contributed by atoms with E-state index in [1.165, 1.54) is 12.1 Å². The second kappa shape index (κ2) is 10.1. The van der Waals surface area contributed by atoms with Gasteiger partial charge in [-0.15, -0.1) is 0 Å². The van der Waals surface area contributed by atoms with Crippen molar-refractivity contribution < 1.29 is 13.9 Å². The van der Waals surface area contributed by atoms with Crippen LogP contribution in [0.4, 0.5) is 4.39 Å². The number of nitrogens with zero attached hydrogens (tertiary/aromatic N) is 2. The third kappa shape index (κ3) is 6.59. The van der Waals surface area contributed by atoms with Crippen molar-refractivity contribution in [3.05, 3.63) is 41.8 Å². The van der Waals surface area contributed by atoms with E-state index in [1.807, 2.05) is 19.2 Å². The quantitative estimate of drug-likeness (QED) is 0.657. The number of aryl methyl sites for hydroxylation is 1. The normalized spacial score (nSPS) is 11.1. The Balaban J connectivity index is 1.71. The number of hydrogen-bond acceptors (Lipinski definition) is 3. The number of hydrogen-bond donors (Lipinski definition) is 1. The first-order chi connectivity index (χ1) is 12.5. The maximum absolute atomic E-state index is 13.3. The number of aromatic nitrogens is 2. The second-order valence-corrected chi connectivity index (χ2v) is 6.93. The molecule has 0 bridgehead atoms. The van der Waals surface area contributed by atoms with Crippen molar-refractivity contribution in [2.75, 3.05) is 26.8 Å². The van der Waals surface area contributed by atoms with Gasteiger partial charge >= 0.3 is 0 Å². The van der Waals surface area contributed by atoms with Crippen LogP contribution in [0.15, 0.2) is 30.3 Å². The molecule has 0 aliphatic heterocycles. The molecule has 2 rings (SSSR count). The summed E-state index contributed by atoms with van der Waals surface area (Å²) in [7, 11) is 1.82. The van der Waals surface area contributed by atoms with Crippen molar-refractivity contribution in [1.82, 2.24) is 15.1 Å². The Morgan fingerprint density at radius 1 is 1.35 bits per heavy atom. The van der Waals surface area contributed by atoms with E-state index < -0.39 is 0 Å². The zero-order chi connectivity index (χ0) is 18.9. The lowest BCUT2D eigenvalue weighted by Crippen LogP contribution is -2.29. The van der Waals surface area contributed by atoms with E-state index in [9.17, 15) is 9.18 Å². The number of carbonyl (C=O) groups excluding carboxylic acids is 1. The molecular weight excluding hydrogens is 333 g/mol. The number of ether oxygens (including phenoxy) is 1. The number of nitrogens with one attached hydrogen (secondary N) is 1. The van der Waals surface area contributed by atoms with Gasteiger partial charge in [0.1, 0.15) is 5.82 Å². The second-order valence-electron chi connectivity index (χ2n) is 6.93. The van der Waals surface area contributed by atoms with Crippen molar-refractivity contribution in [3.63, 3.8) is 0 Å². The van der Waals surface area contributed by atoms with Crippen molar-refractivity contribution in [3.8, 4) is 11.3 Å². The van der Waals surface area contributed by atoms with Crippen LogP contribution in [-0.4, -0.2) is 47.8 Å². The Hall–Kier alpha value is -2.21. The van der Waals surface area contributed by atoms with Gasteiger partial charge in [-0.2, -0.15) is 5.10 Å². The minimum absolute atomic E-state index is 0.0961. The molecule has 5 nitrogen and oxygen atoms in total. The first-order valence-electron chi connectivity index (χ1n) is 9.07. The summed E-state index contributed by atoms with van der Waals surface area (Å²) in [5.74, 6) is 0.304. The van der Waals surface area contributed by atoms with Crippen LogP contribution in [0.1, 0.15) is 32.4 Å². The monoisotopic (exact) mass is 361 g/mol. The number of amides is 1. The molecule has 0 saturated heterocycles. The average molecular weight is 361 g/mol. The Labute approximate surface area is 154 Å². The van der Waals surface area contributed by atoms with Crippen LogP contribution in [-0.2, 0) is 16.0 Å². The number of benzene rings is 1. The molecule has 0 radical (unpaired) electrons. The van der Waals surface area contributed by atoms with E-state index >= 15 is 0 Å². The summed E-state index contributed by atoms with van der Waals surface area (Å²) in [5, 5.41) is 7.22. The van der Waals surface area contributed by atoms with Gasteiger partial charge in [0.05, 0.1) is 18.7 Å². The lowest BCUT2D eigenvalue weighted by Gasteiger charge is -2.17. The highest BCUT2D eigenvalue weighted by Gasteiger charge is 2.10. The molecule has 0 spiro atoms. The third-order valence-electron chi connectivity index (χ3n) is 4.03. The smallest absolute Gasteiger partial charge is 0.224 e. The highest BCUT2D eigenvalue weighted by atomic mass is 19.1. The molecule has 0 saturated carbocycles. The van der Waals surface area contributed by atoms with Crippen molar-refractivity contribution in [2.24, 2.45) is 5.92 Å². The van der Waals surface area contributed by atoms with Gasteiger partial charge in [-0.25, -0.2) is 4.39 Å². The summed E-state index contributed by atoms with van der Waals surface area (Å²) in [5.41, 5.74) is 2.46. The third-order valence-corrected chi connectivity index (χ3v) is 4.03. The standard InChI is InChI=1S/C20H28FN3O2/c1-15(2)14-26-11-9-20(25)24(3)10-5-8-18-13-19(23-22-18)16-6-4-7-17(21)12-16/h4,6-7,12-13,15H,5,8-11,14H2,1-3H3,(H,22,23). The zero-order valence-electron chi connectivity index (χ0n) is 15.8. The van der Waals surface area contributed by atoms with Crippen LogP contribution >= 0.6 is 0 Å². The average Bonchev–Trinajstić information content (AvgIpc) is 3.07. The Morgan fingerprint density at radius 3 is 2.88 bits per heavy atom. The summed E-state index contributed by atoms with van der Waals surface area (Å²) in [6.45, 7) is 6.01. The fourth-order valence-electron chi connectivity index (χ4n) is 2.59. The summed E-state index contributed by atoms with van der Waals surface area (Å²) in [4.78, 5) is 13.8. The Kier molecular flexibility index (Phi) is 7.78. The lowest BCUT2D eigenvalue weighted by molar-refractivity contribution is -0.131. The summed E-state index contributed by atoms with van der Waals surface area (Å²) >= 11 is 0. The summed E-state index contributed by atoms with van der Waals surface area (Å²) in [6.07, 6.45) is 2.03. The topological polar surface area (TPSA) is 58.2 Å². The molecule has 6 heteroatoms. The molecule has 1 aromatic heterocycles. The fourth-order valence-corrected chi connectivity index (χ4v) is 2.59. The molecule has 2 aromatic rings. The van der Waals surface area contributed by atoms with Crippen molar-refractivity contribution >= 4 is 5.91 Å². The molecular formula is C20H28FN3O2. The maximum atomic E-state index is 13.3. The Morgan fingerprint density at radius 2 is 2.15 bits per heavy atom. The molecule has 1 N–H and O–H groups in total. The van der Waals surface area contributed by atoms with E-state index in [0.717, 1.165) is 29.8 Å². The van der Waals surface area contributed by atoms with Gasteiger partial charge in [0.25, 0.3) is 0 Å². The van der Waals surface area contributed by atoms with Gasteiger partial charge in [-0.3, -0.25) is 9.89 Å². The van der Waals surface area contributed by atoms with Crippen LogP contribution in [0.2, 0.25) is 0 Å². The molecule has 142 valence electrons. The zero-order valence-corrected chi connectivity index (χ0v) is 15.8. The van der Waals surface area contributed by atoms with E-state index in [4.69, 9.17) is 4.74 Å². The van der Waals surface area contributed by atoms with Crippen molar-refractivity contribution in [1.29, 1.82) is 0 Å². The van der Waals surface area contributed by atoms with Gasteiger partial charge in [-0.05, 0) is 37.0 Å². The van der Waals surface area contributed by atoms with E-state index in [-0.39, 0.29) is 11.7 Å². The van der Waals surface area contributed by atoms with Gasteiger partial charge in [0.2, 0.25) is 5.91 Å². The minimum Gasteiger partial charge on any atom is -0.381 e. The molecule has 0 aliphatic carbocycles. The molecule has 1 heterocycles. The maximum Gasteiger partial charge on any atom is 0.224 e. The molecule has 0 fully saturated rings. The minimum atomic E-state index is -0.274. The number of halogens is 1. The van der Waals surface area contributed by atoms with Crippen LogP contribution in [0.3, 0.4) is 0 Å². The first kappa shape index (κ1) is 20.1. The van der Waals surface area contributed by atoms with Crippen molar-refractivity contribution in [2.45, 2.75) is 33.1 Å². The van der Waals surface area contributed by atoms with Gasteiger partial charge < -0.3 is 9.64 Å². The number of carbonyl (C=O) groups is 1. The van der Waals surface area contributed by atoms with Crippen LogP contribution < -0.4 is 0 Å². The van der Waals surface area contributed by atoms with E-state index in [0.29, 0.717) is 32.1 Å². The lowest BCUT2D eigenvalue weighted by atomic mass is 10.1. The van der Waals surface area contributed by atoms with Gasteiger partial charge in [0.15, 0.2) is 0 Å². The molecule has 1 amide bonds. The summed E-state index contributed by atoms with van der Waals surface area (Å²) < 4.78 is 18.7. The molecule has 1 aromatic carbocycles. The molecule has 0 aliphatic rings.